The van der Waals surface area contributed by atoms with Gasteiger partial charge in [-0.2, -0.15) is 8.78 Å². The van der Waals surface area contributed by atoms with Crippen LogP contribution in [0.25, 0.3) is 0 Å². The van der Waals surface area contributed by atoms with Crippen molar-refractivity contribution in [1.29, 1.82) is 0 Å². The van der Waals surface area contributed by atoms with Gasteiger partial charge in [0, 0.05) is 5.56 Å². The number of hydrogen-bond acceptors (Lipinski definition) is 2. The van der Waals surface area contributed by atoms with Crippen molar-refractivity contribution in [3.63, 3.8) is 0 Å². The Kier molecular flexibility index (Phi) is 9.75. The van der Waals surface area contributed by atoms with E-state index in [0.717, 1.165) is 63.8 Å². The Bertz CT molecular complexity index is 975. The molecule has 1 aliphatic rings. The third-order valence-corrected chi connectivity index (χ3v) is 6.89. The van der Waals surface area contributed by atoms with Crippen molar-refractivity contribution in [1.82, 2.24) is 0 Å². The van der Waals surface area contributed by atoms with Crippen molar-refractivity contribution in [3.05, 3.63) is 58.7 Å². The highest BCUT2D eigenvalue weighted by molar-refractivity contribution is 5.35. The van der Waals surface area contributed by atoms with Crippen molar-refractivity contribution in [2.24, 2.45) is 5.92 Å². The van der Waals surface area contributed by atoms with E-state index in [2.05, 4.69) is 11.7 Å². The van der Waals surface area contributed by atoms with Crippen LogP contribution in [0.5, 0.6) is 11.5 Å². The molecule has 3 rings (SSSR count). The van der Waals surface area contributed by atoms with Crippen LogP contribution in [0.2, 0.25) is 0 Å². The number of benzene rings is 2. The summed E-state index contributed by atoms with van der Waals surface area (Å²) in [5.41, 5.74) is -0.579. The summed E-state index contributed by atoms with van der Waals surface area (Å²) in [5, 5.41) is 0. The van der Waals surface area contributed by atoms with Crippen LogP contribution in [-0.4, -0.2) is 19.9 Å². The zero-order valence-electron chi connectivity index (χ0n) is 20.1. The molecule has 2 nitrogen and oxygen atoms in total. The minimum atomic E-state index is -2.54. The first-order chi connectivity index (χ1) is 16.8. The van der Waals surface area contributed by atoms with E-state index in [4.69, 9.17) is 4.74 Å². The monoisotopic (exact) mass is 502 g/mol. The second-order valence-electron chi connectivity index (χ2n) is 9.21. The van der Waals surface area contributed by atoms with E-state index in [1.807, 2.05) is 0 Å². The van der Waals surface area contributed by atoms with Crippen LogP contribution in [0.3, 0.4) is 0 Å². The first-order valence-electron chi connectivity index (χ1n) is 12.2. The van der Waals surface area contributed by atoms with Crippen LogP contribution in [0.4, 0.5) is 26.3 Å². The van der Waals surface area contributed by atoms with Crippen LogP contribution < -0.4 is 9.47 Å². The first-order valence-corrected chi connectivity index (χ1v) is 12.2. The van der Waals surface area contributed by atoms with Gasteiger partial charge in [-0.3, -0.25) is 0 Å². The lowest BCUT2D eigenvalue weighted by Gasteiger charge is -2.29. The maximum Gasteiger partial charge on any atom is 0.204 e. The predicted octanol–water partition coefficient (Wildman–Crippen LogP) is 8.53. The molecule has 0 amide bonds. The Labute approximate surface area is 202 Å². The molecule has 2 atom stereocenters. The third-order valence-electron chi connectivity index (χ3n) is 6.89. The molecule has 0 saturated heterocycles. The quantitative estimate of drug-likeness (QED) is 0.226. The Morgan fingerprint density at radius 2 is 1.49 bits per heavy atom. The number of ether oxygens (including phenoxy) is 2. The zero-order chi connectivity index (χ0) is 25.5. The molecule has 0 bridgehead atoms. The molecule has 0 radical (unpaired) electrons. The number of hydrogen-bond donors (Lipinski definition) is 0. The van der Waals surface area contributed by atoms with Gasteiger partial charge >= 0.3 is 0 Å². The van der Waals surface area contributed by atoms with E-state index in [1.165, 1.54) is 18.9 Å². The minimum absolute atomic E-state index is 0.156. The summed E-state index contributed by atoms with van der Waals surface area (Å²) >= 11 is 0. The van der Waals surface area contributed by atoms with Gasteiger partial charge in [-0.1, -0.05) is 44.7 Å². The van der Waals surface area contributed by atoms with Gasteiger partial charge in [0.15, 0.2) is 35.5 Å². The molecule has 1 saturated carbocycles. The third kappa shape index (κ3) is 6.44. The van der Waals surface area contributed by atoms with Gasteiger partial charge in [0.05, 0.1) is 7.11 Å². The number of halogens is 6. The zero-order valence-corrected chi connectivity index (χ0v) is 20.1. The lowest BCUT2D eigenvalue weighted by Crippen LogP contribution is -2.21. The number of rotatable bonds is 11. The molecule has 0 aliphatic heterocycles. The lowest BCUT2D eigenvalue weighted by molar-refractivity contribution is 0.104. The van der Waals surface area contributed by atoms with Gasteiger partial charge in [-0.05, 0) is 55.2 Å². The molecular formula is C27H32F6O2. The summed E-state index contributed by atoms with van der Waals surface area (Å²) in [5.74, 6) is -5.93. The van der Waals surface area contributed by atoms with Crippen LogP contribution in [0.1, 0.15) is 81.5 Å². The SMILES string of the molecule is CCCCCC1CCC(c2ccc(C(F)C(F)COc3ccc(OC)c(F)c3F)c(F)c2F)CC1. The van der Waals surface area contributed by atoms with E-state index < -0.39 is 53.5 Å². The van der Waals surface area contributed by atoms with Crippen LogP contribution in [-0.2, 0) is 0 Å². The molecule has 0 aromatic heterocycles. The molecule has 194 valence electrons. The molecule has 1 aliphatic carbocycles. The average molecular weight is 503 g/mol. The normalized spacial score (nSPS) is 19.9. The van der Waals surface area contributed by atoms with Crippen LogP contribution >= 0.6 is 0 Å². The van der Waals surface area contributed by atoms with E-state index in [0.29, 0.717) is 5.92 Å². The molecule has 2 unspecified atom stereocenters. The molecule has 8 heteroatoms. The van der Waals surface area contributed by atoms with Crippen molar-refractivity contribution in [2.45, 2.75) is 76.6 Å². The largest absolute Gasteiger partial charge is 0.494 e. The van der Waals surface area contributed by atoms with Crippen LogP contribution in [0, 0.1) is 29.2 Å². The molecule has 0 heterocycles. The fourth-order valence-electron chi connectivity index (χ4n) is 4.78. The van der Waals surface area contributed by atoms with Gasteiger partial charge < -0.3 is 9.47 Å². The van der Waals surface area contributed by atoms with Crippen molar-refractivity contribution < 1.29 is 35.8 Å². The molecular weight excluding hydrogens is 470 g/mol. The topological polar surface area (TPSA) is 18.5 Å². The molecule has 2 aromatic rings. The standard InChI is InChI=1S/C27H32F6O2/c1-3-4-5-6-16-7-9-17(10-8-16)18-11-12-19(25(31)24(18)30)23(29)20(28)15-35-22-14-13-21(34-2)26(32)27(22)33/h11-14,16-17,20,23H,3-10,15H2,1-2H3. The minimum Gasteiger partial charge on any atom is -0.494 e. The molecule has 0 N–H and O–H groups in total. The molecule has 1 fully saturated rings. The molecule has 2 aromatic carbocycles. The summed E-state index contributed by atoms with van der Waals surface area (Å²) in [6.07, 6.45) is 3.04. The van der Waals surface area contributed by atoms with Gasteiger partial charge in [-0.25, -0.2) is 17.6 Å². The van der Waals surface area contributed by atoms with Crippen LogP contribution in [0.15, 0.2) is 24.3 Å². The average Bonchev–Trinajstić information content (AvgIpc) is 2.86. The first kappa shape index (κ1) is 27.2. The van der Waals surface area contributed by atoms with Gasteiger partial charge in [0.1, 0.15) is 6.61 Å². The smallest absolute Gasteiger partial charge is 0.204 e. The van der Waals surface area contributed by atoms with E-state index in [-0.39, 0.29) is 17.2 Å². The van der Waals surface area contributed by atoms with E-state index >= 15 is 0 Å². The summed E-state index contributed by atoms with van der Waals surface area (Å²) in [6.45, 7) is 1.13. The molecule has 0 spiro atoms. The second kappa shape index (κ2) is 12.5. The summed E-state index contributed by atoms with van der Waals surface area (Å²) in [4.78, 5) is 0. The maximum atomic E-state index is 14.8. The number of alkyl halides is 2. The summed E-state index contributed by atoms with van der Waals surface area (Å²) in [7, 11) is 1.14. The maximum absolute atomic E-state index is 14.8. The van der Waals surface area contributed by atoms with Gasteiger partial charge in [0.25, 0.3) is 0 Å². The van der Waals surface area contributed by atoms with Crippen molar-refractivity contribution in [2.75, 3.05) is 13.7 Å². The van der Waals surface area contributed by atoms with E-state index in [9.17, 15) is 26.3 Å². The lowest BCUT2D eigenvalue weighted by atomic mass is 9.76. The van der Waals surface area contributed by atoms with Gasteiger partial charge in [0.2, 0.25) is 11.6 Å². The number of methoxy groups -OCH3 is 1. The highest BCUT2D eigenvalue weighted by atomic mass is 19.2. The predicted molar refractivity (Wildman–Crippen MR) is 122 cm³/mol. The Hall–Kier alpha value is -2.38. The number of unbranched alkanes of at least 4 members (excludes halogenated alkanes) is 2. The van der Waals surface area contributed by atoms with E-state index in [1.54, 1.807) is 0 Å². The fraction of sp³-hybridized carbons (Fsp3) is 0.556. The van der Waals surface area contributed by atoms with Gasteiger partial charge in [-0.15, -0.1) is 0 Å². The summed E-state index contributed by atoms with van der Waals surface area (Å²) in [6, 6.07) is 4.46. The Morgan fingerprint density at radius 1 is 0.829 bits per heavy atom. The highest BCUT2D eigenvalue weighted by Gasteiger charge is 2.31. The fourth-order valence-corrected chi connectivity index (χ4v) is 4.78. The second-order valence-corrected chi connectivity index (χ2v) is 9.21. The highest BCUT2D eigenvalue weighted by Crippen LogP contribution is 2.40. The Morgan fingerprint density at radius 3 is 2.14 bits per heavy atom. The summed E-state index contributed by atoms with van der Waals surface area (Å²) < 4.78 is 95.9. The van der Waals surface area contributed by atoms with Crippen molar-refractivity contribution >= 4 is 0 Å². The Balaban J connectivity index is 1.62. The van der Waals surface area contributed by atoms with Crippen molar-refractivity contribution in [3.8, 4) is 11.5 Å². The molecule has 35 heavy (non-hydrogen) atoms.